The Bertz CT molecular complexity index is 1180. The fraction of sp³-hybridized carbons (Fsp3) is 0.200. The number of carbonyl (C=O) groups is 2. The van der Waals surface area contributed by atoms with Crippen molar-refractivity contribution >= 4 is 29.7 Å². The Balaban J connectivity index is 0.00000306. The van der Waals surface area contributed by atoms with Crippen molar-refractivity contribution in [2.75, 3.05) is 13.1 Å². The molecule has 1 aromatic carbocycles. The van der Waals surface area contributed by atoms with E-state index < -0.39 is 23.0 Å². The van der Waals surface area contributed by atoms with Crippen molar-refractivity contribution in [3.8, 4) is 0 Å². The van der Waals surface area contributed by atoms with Crippen LogP contribution < -0.4 is 0 Å². The number of amides is 1. The van der Waals surface area contributed by atoms with Crippen LogP contribution in [0.1, 0.15) is 45.4 Å². The third kappa shape index (κ3) is 5.31. The number of hydrogen-bond acceptors (Lipinski definition) is 4. The van der Waals surface area contributed by atoms with Gasteiger partial charge in [-0.15, -0.1) is 12.4 Å². The standard InChI is InChI=1S/C25H21F2N3O2.ClH/c1-16-10-12-30(25(32)22-7-2-3-11-28-22)15-19(16)17-8-9-18(29-14-17)13-23(31)24-20(26)5-4-6-21(24)27;/h2-9,11,14H,10,12-13,15H2,1H3;1H. The van der Waals surface area contributed by atoms with Gasteiger partial charge in [0.05, 0.1) is 12.0 Å². The Morgan fingerprint density at radius 2 is 1.76 bits per heavy atom. The van der Waals surface area contributed by atoms with Crippen LogP contribution in [0.4, 0.5) is 8.78 Å². The van der Waals surface area contributed by atoms with Crippen molar-refractivity contribution in [2.24, 2.45) is 0 Å². The molecule has 0 atom stereocenters. The van der Waals surface area contributed by atoms with Crippen molar-refractivity contribution < 1.29 is 18.4 Å². The van der Waals surface area contributed by atoms with E-state index in [9.17, 15) is 18.4 Å². The van der Waals surface area contributed by atoms with Crippen molar-refractivity contribution in [3.05, 3.63) is 101 Å². The maximum atomic E-state index is 13.9. The molecule has 3 aromatic rings. The number of halogens is 3. The first-order valence-electron chi connectivity index (χ1n) is 10.3. The number of nitrogens with zero attached hydrogens (tertiary/aromatic N) is 3. The summed E-state index contributed by atoms with van der Waals surface area (Å²) in [6, 6.07) is 12.1. The molecule has 0 bridgehead atoms. The van der Waals surface area contributed by atoms with Crippen LogP contribution in [0.25, 0.3) is 5.57 Å². The summed E-state index contributed by atoms with van der Waals surface area (Å²) in [4.78, 5) is 35.4. The molecule has 0 fully saturated rings. The molecule has 170 valence electrons. The number of ketones is 1. The zero-order valence-electron chi connectivity index (χ0n) is 17.9. The van der Waals surface area contributed by atoms with Crippen LogP contribution in [-0.2, 0) is 6.42 Å². The van der Waals surface area contributed by atoms with E-state index in [1.165, 1.54) is 6.07 Å². The average Bonchev–Trinajstić information content (AvgIpc) is 2.80. The van der Waals surface area contributed by atoms with E-state index in [1.807, 2.05) is 13.0 Å². The summed E-state index contributed by atoms with van der Waals surface area (Å²) in [6.07, 6.45) is 3.76. The number of Topliss-reactive ketones (excluding diaryl/α,β-unsaturated/α-hetero) is 1. The van der Waals surface area contributed by atoms with Crippen LogP contribution >= 0.6 is 12.4 Å². The predicted octanol–water partition coefficient (Wildman–Crippen LogP) is 4.92. The van der Waals surface area contributed by atoms with Crippen LogP contribution in [0.5, 0.6) is 0 Å². The molecule has 0 saturated heterocycles. The Kier molecular flexibility index (Phi) is 7.66. The molecule has 0 unspecified atom stereocenters. The Labute approximate surface area is 196 Å². The van der Waals surface area contributed by atoms with Crippen LogP contribution in [0, 0.1) is 11.6 Å². The minimum Gasteiger partial charge on any atom is -0.333 e. The summed E-state index contributed by atoms with van der Waals surface area (Å²) in [5, 5.41) is 0. The summed E-state index contributed by atoms with van der Waals surface area (Å²) in [5.41, 5.74) is 3.26. The normalized spacial score (nSPS) is 13.5. The molecule has 33 heavy (non-hydrogen) atoms. The topological polar surface area (TPSA) is 63.2 Å². The van der Waals surface area contributed by atoms with Gasteiger partial charge in [0, 0.05) is 31.2 Å². The molecule has 0 spiro atoms. The van der Waals surface area contributed by atoms with E-state index in [2.05, 4.69) is 9.97 Å². The van der Waals surface area contributed by atoms with Gasteiger partial charge in [-0.2, -0.15) is 0 Å². The van der Waals surface area contributed by atoms with Crippen LogP contribution in [0.2, 0.25) is 0 Å². The lowest BCUT2D eigenvalue weighted by atomic mass is 9.95. The molecule has 1 aliphatic heterocycles. The smallest absolute Gasteiger partial charge is 0.272 e. The van der Waals surface area contributed by atoms with E-state index in [4.69, 9.17) is 0 Å². The van der Waals surface area contributed by atoms with E-state index in [1.54, 1.807) is 41.6 Å². The highest BCUT2D eigenvalue weighted by Crippen LogP contribution is 2.27. The lowest BCUT2D eigenvalue weighted by molar-refractivity contribution is 0.0767. The minimum atomic E-state index is -0.882. The molecular weight excluding hydrogens is 448 g/mol. The van der Waals surface area contributed by atoms with Gasteiger partial charge in [0.1, 0.15) is 17.3 Å². The van der Waals surface area contributed by atoms with Gasteiger partial charge < -0.3 is 4.90 Å². The largest absolute Gasteiger partial charge is 0.333 e. The summed E-state index contributed by atoms with van der Waals surface area (Å²) >= 11 is 0. The number of hydrogen-bond donors (Lipinski definition) is 0. The second-order valence-corrected chi connectivity index (χ2v) is 7.69. The monoisotopic (exact) mass is 469 g/mol. The van der Waals surface area contributed by atoms with Crippen molar-refractivity contribution in [3.63, 3.8) is 0 Å². The molecule has 8 heteroatoms. The highest BCUT2D eigenvalue weighted by atomic mass is 35.5. The first-order valence-corrected chi connectivity index (χ1v) is 10.3. The van der Waals surface area contributed by atoms with E-state index in [0.717, 1.165) is 35.3 Å². The molecular formula is C25H22ClF2N3O2. The summed E-state index contributed by atoms with van der Waals surface area (Å²) < 4.78 is 27.7. The Morgan fingerprint density at radius 3 is 2.39 bits per heavy atom. The van der Waals surface area contributed by atoms with Gasteiger partial charge in [0.15, 0.2) is 5.78 Å². The number of rotatable bonds is 5. The minimum absolute atomic E-state index is 0. The summed E-state index contributed by atoms with van der Waals surface area (Å²) in [7, 11) is 0. The zero-order valence-corrected chi connectivity index (χ0v) is 18.7. The first-order chi connectivity index (χ1) is 15.4. The second kappa shape index (κ2) is 10.4. The zero-order chi connectivity index (χ0) is 22.7. The fourth-order valence-electron chi connectivity index (χ4n) is 3.75. The van der Waals surface area contributed by atoms with Crippen molar-refractivity contribution in [2.45, 2.75) is 19.8 Å². The highest BCUT2D eigenvalue weighted by Gasteiger charge is 2.24. The van der Waals surface area contributed by atoms with Gasteiger partial charge in [0.25, 0.3) is 5.91 Å². The Hall–Kier alpha value is -3.45. The molecule has 3 heterocycles. The molecule has 1 aliphatic rings. The predicted molar refractivity (Wildman–Crippen MR) is 123 cm³/mol. The third-order valence-electron chi connectivity index (χ3n) is 5.55. The van der Waals surface area contributed by atoms with E-state index in [0.29, 0.717) is 24.5 Å². The van der Waals surface area contributed by atoms with Gasteiger partial charge in [-0.25, -0.2) is 8.78 Å². The van der Waals surface area contributed by atoms with Gasteiger partial charge >= 0.3 is 0 Å². The average molecular weight is 470 g/mol. The fourth-order valence-corrected chi connectivity index (χ4v) is 3.75. The maximum Gasteiger partial charge on any atom is 0.272 e. The second-order valence-electron chi connectivity index (χ2n) is 7.69. The molecule has 2 aromatic heterocycles. The lowest BCUT2D eigenvalue weighted by Crippen LogP contribution is -2.36. The van der Waals surface area contributed by atoms with Gasteiger partial charge in [-0.05, 0) is 54.8 Å². The number of aromatic nitrogens is 2. The van der Waals surface area contributed by atoms with E-state index in [-0.39, 0.29) is 24.7 Å². The maximum absolute atomic E-state index is 13.9. The van der Waals surface area contributed by atoms with Gasteiger partial charge in [-0.3, -0.25) is 19.6 Å². The number of carbonyl (C=O) groups excluding carboxylic acids is 2. The Morgan fingerprint density at radius 1 is 1.00 bits per heavy atom. The summed E-state index contributed by atoms with van der Waals surface area (Å²) in [6.45, 7) is 3.07. The highest BCUT2D eigenvalue weighted by molar-refractivity contribution is 5.98. The molecule has 1 amide bonds. The molecule has 0 saturated carbocycles. The van der Waals surface area contributed by atoms with Crippen LogP contribution in [0.3, 0.4) is 0 Å². The van der Waals surface area contributed by atoms with Gasteiger partial charge in [-0.1, -0.05) is 23.8 Å². The molecule has 0 radical (unpaired) electrons. The molecule has 5 nitrogen and oxygen atoms in total. The molecule has 0 aliphatic carbocycles. The SMILES string of the molecule is CC1=C(c2ccc(CC(=O)c3c(F)cccc3F)nc2)CN(C(=O)c2ccccn2)CC1.Cl. The van der Waals surface area contributed by atoms with Crippen LogP contribution in [-0.4, -0.2) is 39.6 Å². The number of benzene rings is 1. The summed E-state index contributed by atoms with van der Waals surface area (Å²) in [5.74, 6) is -2.56. The molecule has 0 N–H and O–H groups in total. The first kappa shape index (κ1) is 24.2. The van der Waals surface area contributed by atoms with Crippen molar-refractivity contribution in [1.29, 1.82) is 0 Å². The van der Waals surface area contributed by atoms with Gasteiger partial charge in [0.2, 0.25) is 0 Å². The number of pyridine rings is 2. The third-order valence-corrected chi connectivity index (χ3v) is 5.55. The molecule has 4 rings (SSSR count). The van der Waals surface area contributed by atoms with E-state index >= 15 is 0 Å². The quantitative estimate of drug-likeness (QED) is 0.497. The van der Waals surface area contributed by atoms with Crippen LogP contribution in [0.15, 0.2) is 66.5 Å². The van der Waals surface area contributed by atoms with Crippen molar-refractivity contribution in [1.82, 2.24) is 14.9 Å². The lowest BCUT2D eigenvalue weighted by Gasteiger charge is -2.30.